The molecular weight excluding hydrogens is 246 g/mol. The Morgan fingerprint density at radius 1 is 1.22 bits per heavy atom. The molecular formula is C13H19N3OS. The standard InChI is InChI=1S/C13H19N3OS/c17-11-6-5-9-3-1-2-4-10(9)12(11)15-16-13-14-7-8-18-13/h7-12,17H,1-6H2. The number of thiazole rings is 1. The Labute approximate surface area is 111 Å². The molecule has 0 amide bonds. The van der Waals surface area contributed by atoms with Crippen molar-refractivity contribution in [2.24, 2.45) is 22.1 Å². The number of fused-ring (bicyclic) bond motifs is 1. The molecule has 0 radical (unpaired) electrons. The van der Waals surface area contributed by atoms with Crippen molar-refractivity contribution in [2.45, 2.75) is 50.7 Å². The summed E-state index contributed by atoms with van der Waals surface area (Å²) in [4.78, 5) is 4.11. The lowest BCUT2D eigenvalue weighted by Crippen LogP contribution is -2.42. The second kappa shape index (κ2) is 5.45. The van der Waals surface area contributed by atoms with Gasteiger partial charge in [0.25, 0.3) is 0 Å². The van der Waals surface area contributed by atoms with E-state index in [1.807, 2.05) is 5.38 Å². The van der Waals surface area contributed by atoms with Crippen molar-refractivity contribution >= 4 is 16.5 Å². The molecule has 2 aliphatic carbocycles. The van der Waals surface area contributed by atoms with Gasteiger partial charge in [-0.25, -0.2) is 4.98 Å². The minimum atomic E-state index is -0.312. The average Bonchev–Trinajstić information content (AvgIpc) is 2.91. The van der Waals surface area contributed by atoms with E-state index < -0.39 is 0 Å². The van der Waals surface area contributed by atoms with E-state index in [4.69, 9.17) is 0 Å². The highest BCUT2D eigenvalue weighted by molar-refractivity contribution is 7.13. The molecule has 4 unspecified atom stereocenters. The molecule has 2 saturated carbocycles. The molecule has 1 heterocycles. The highest BCUT2D eigenvalue weighted by Crippen LogP contribution is 2.42. The summed E-state index contributed by atoms with van der Waals surface area (Å²) in [5, 5.41) is 21.4. The van der Waals surface area contributed by atoms with Crippen LogP contribution in [0.1, 0.15) is 38.5 Å². The van der Waals surface area contributed by atoms with E-state index in [0.29, 0.717) is 11.0 Å². The van der Waals surface area contributed by atoms with E-state index >= 15 is 0 Å². The van der Waals surface area contributed by atoms with Crippen molar-refractivity contribution in [3.05, 3.63) is 11.6 Å². The van der Waals surface area contributed by atoms with Crippen molar-refractivity contribution in [3.63, 3.8) is 0 Å². The van der Waals surface area contributed by atoms with Crippen LogP contribution < -0.4 is 0 Å². The van der Waals surface area contributed by atoms with Crippen molar-refractivity contribution < 1.29 is 5.11 Å². The summed E-state index contributed by atoms with van der Waals surface area (Å²) in [6, 6.07) is -0.00653. The van der Waals surface area contributed by atoms with Crippen LogP contribution >= 0.6 is 11.3 Å². The number of nitrogens with zero attached hydrogens (tertiary/aromatic N) is 3. The first-order valence-electron chi connectivity index (χ1n) is 6.83. The quantitative estimate of drug-likeness (QED) is 0.831. The van der Waals surface area contributed by atoms with Crippen LogP contribution in [0.25, 0.3) is 0 Å². The molecule has 1 aromatic rings. The normalized spacial score (nSPS) is 36.7. The van der Waals surface area contributed by atoms with E-state index in [1.54, 1.807) is 6.20 Å². The smallest absolute Gasteiger partial charge is 0.229 e. The third-order valence-corrected chi connectivity index (χ3v) is 4.99. The predicted molar refractivity (Wildman–Crippen MR) is 71.1 cm³/mol. The van der Waals surface area contributed by atoms with Crippen LogP contribution in [0.4, 0.5) is 5.13 Å². The zero-order valence-electron chi connectivity index (χ0n) is 10.4. The number of aliphatic hydroxyl groups is 1. The number of rotatable bonds is 2. The zero-order chi connectivity index (χ0) is 12.4. The molecule has 2 aliphatic rings. The Balaban J connectivity index is 1.74. The van der Waals surface area contributed by atoms with E-state index in [1.165, 1.54) is 37.0 Å². The van der Waals surface area contributed by atoms with Gasteiger partial charge in [-0.3, -0.25) is 0 Å². The highest BCUT2D eigenvalue weighted by Gasteiger charge is 2.39. The lowest BCUT2D eigenvalue weighted by molar-refractivity contribution is 0.0246. The van der Waals surface area contributed by atoms with Crippen LogP contribution in [0, 0.1) is 11.8 Å². The van der Waals surface area contributed by atoms with Gasteiger partial charge in [0, 0.05) is 11.6 Å². The summed E-state index contributed by atoms with van der Waals surface area (Å²) in [5.74, 6) is 1.29. The van der Waals surface area contributed by atoms with Gasteiger partial charge < -0.3 is 5.11 Å². The lowest BCUT2D eigenvalue weighted by Gasteiger charge is -2.41. The van der Waals surface area contributed by atoms with Crippen molar-refractivity contribution in [1.82, 2.24) is 4.98 Å². The summed E-state index contributed by atoms with van der Waals surface area (Å²) >= 11 is 1.49. The number of aliphatic hydroxyl groups excluding tert-OH is 1. The van der Waals surface area contributed by atoms with Crippen LogP contribution in [-0.2, 0) is 0 Å². The van der Waals surface area contributed by atoms with Gasteiger partial charge in [0.15, 0.2) is 0 Å². The Morgan fingerprint density at radius 2 is 2.11 bits per heavy atom. The van der Waals surface area contributed by atoms with E-state index in [0.717, 1.165) is 18.8 Å². The highest BCUT2D eigenvalue weighted by atomic mass is 32.1. The average molecular weight is 265 g/mol. The van der Waals surface area contributed by atoms with Crippen LogP contribution in [0.2, 0.25) is 0 Å². The molecule has 0 spiro atoms. The largest absolute Gasteiger partial charge is 0.391 e. The summed E-state index contributed by atoms with van der Waals surface area (Å²) in [6.45, 7) is 0. The van der Waals surface area contributed by atoms with Crippen LogP contribution in [-0.4, -0.2) is 22.2 Å². The zero-order valence-corrected chi connectivity index (χ0v) is 11.2. The number of hydrogen-bond donors (Lipinski definition) is 1. The number of hydrogen-bond acceptors (Lipinski definition) is 5. The van der Waals surface area contributed by atoms with Gasteiger partial charge in [0.2, 0.25) is 5.13 Å². The molecule has 0 saturated heterocycles. The third kappa shape index (κ3) is 2.47. The molecule has 4 nitrogen and oxygen atoms in total. The fraction of sp³-hybridized carbons (Fsp3) is 0.769. The van der Waals surface area contributed by atoms with Gasteiger partial charge in [0.05, 0.1) is 6.10 Å². The molecule has 18 heavy (non-hydrogen) atoms. The maximum Gasteiger partial charge on any atom is 0.229 e. The summed E-state index contributed by atoms with van der Waals surface area (Å²) in [6.07, 6.45) is 8.58. The minimum Gasteiger partial charge on any atom is -0.391 e. The molecule has 0 aliphatic heterocycles. The first-order valence-corrected chi connectivity index (χ1v) is 7.71. The molecule has 0 bridgehead atoms. The maximum atomic E-state index is 10.2. The molecule has 98 valence electrons. The Hall–Kier alpha value is -0.810. The van der Waals surface area contributed by atoms with Gasteiger partial charge in [0.1, 0.15) is 6.04 Å². The fourth-order valence-electron chi connectivity index (χ4n) is 3.43. The number of azo groups is 1. The van der Waals surface area contributed by atoms with Gasteiger partial charge in [-0.2, -0.15) is 5.11 Å². The fourth-order valence-corrected chi connectivity index (χ4v) is 3.89. The molecule has 0 aromatic carbocycles. The van der Waals surface area contributed by atoms with Crippen LogP contribution in [0.3, 0.4) is 0 Å². The molecule has 5 heteroatoms. The minimum absolute atomic E-state index is 0.00653. The van der Waals surface area contributed by atoms with Crippen molar-refractivity contribution in [1.29, 1.82) is 0 Å². The topological polar surface area (TPSA) is 57.8 Å². The van der Waals surface area contributed by atoms with Gasteiger partial charge in [-0.15, -0.1) is 16.5 Å². The predicted octanol–water partition coefficient (Wildman–Crippen LogP) is 3.56. The van der Waals surface area contributed by atoms with Crippen molar-refractivity contribution in [3.8, 4) is 0 Å². The SMILES string of the molecule is OC1CCC2CCCCC2C1N=Nc1nccs1. The van der Waals surface area contributed by atoms with Crippen LogP contribution in [0.5, 0.6) is 0 Å². The third-order valence-electron chi connectivity index (χ3n) is 4.33. The van der Waals surface area contributed by atoms with E-state index in [-0.39, 0.29) is 12.1 Å². The lowest BCUT2D eigenvalue weighted by atomic mass is 9.67. The second-order valence-electron chi connectivity index (χ2n) is 5.37. The summed E-state index contributed by atoms with van der Waals surface area (Å²) in [5.41, 5.74) is 0. The Morgan fingerprint density at radius 3 is 2.94 bits per heavy atom. The Kier molecular flexibility index (Phi) is 3.70. The molecule has 2 fully saturated rings. The molecule has 1 aromatic heterocycles. The molecule has 4 atom stereocenters. The second-order valence-corrected chi connectivity index (χ2v) is 6.25. The van der Waals surface area contributed by atoms with E-state index in [9.17, 15) is 5.11 Å². The first-order chi connectivity index (χ1) is 8.84. The summed E-state index contributed by atoms with van der Waals surface area (Å²) < 4.78 is 0. The number of aromatic nitrogens is 1. The van der Waals surface area contributed by atoms with Gasteiger partial charge >= 0.3 is 0 Å². The first kappa shape index (κ1) is 12.2. The Bertz CT molecular complexity index is 406. The van der Waals surface area contributed by atoms with Crippen LogP contribution in [0.15, 0.2) is 21.8 Å². The maximum absolute atomic E-state index is 10.2. The molecule has 1 N–H and O–H groups in total. The monoisotopic (exact) mass is 265 g/mol. The van der Waals surface area contributed by atoms with E-state index in [2.05, 4.69) is 15.2 Å². The van der Waals surface area contributed by atoms with Crippen molar-refractivity contribution in [2.75, 3.05) is 0 Å². The van der Waals surface area contributed by atoms with Gasteiger partial charge in [-0.05, 0) is 31.1 Å². The van der Waals surface area contributed by atoms with Gasteiger partial charge in [-0.1, -0.05) is 19.3 Å². The summed E-state index contributed by atoms with van der Waals surface area (Å²) in [7, 11) is 0. The molecule has 3 rings (SSSR count).